The molecule has 0 saturated heterocycles. The van der Waals surface area contributed by atoms with Crippen molar-refractivity contribution in [3.8, 4) is 0 Å². The highest BCUT2D eigenvalue weighted by molar-refractivity contribution is 5.85. The van der Waals surface area contributed by atoms with Gasteiger partial charge in [-0.1, -0.05) is 30.3 Å². The second-order valence-corrected chi connectivity index (χ2v) is 4.53. The van der Waals surface area contributed by atoms with Gasteiger partial charge in [0.15, 0.2) is 0 Å². The molecule has 3 rings (SSSR count). The van der Waals surface area contributed by atoms with Crippen molar-refractivity contribution in [1.82, 2.24) is 9.97 Å². The molecular weight excluding hydrogens is 236 g/mol. The molecule has 94 valence electrons. The first kappa shape index (κ1) is 11.8. The van der Waals surface area contributed by atoms with E-state index in [1.807, 2.05) is 49.5 Å². The van der Waals surface area contributed by atoms with Gasteiger partial charge in [-0.05, 0) is 18.4 Å². The molecule has 0 aliphatic carbocycles. The zero-order valence-electron chi connectivity index (χ0n) is 10.6. The van der Waals surface area contributed by atoms with Crippen LogP contribution in [-0.2, 0) is 0 Å². The quantitative estimate of drug-likeness (QED) is 0.760. The molecule has 0 aliphatic rings. The van der Waals surface area contributed by atoms with Crippen molar-refractivity contribution in [3.63, 3.8) is 0 Å². The van der Waals surface area contributed by atoms with Crippen LogP contribution in [0.1, 0.15) is 22.9 Å². The molecule has 0 radical (unpaired) electrons. The summed E-state index contributed by atoms with van der Waals surface area (Å²) < 4.78 is 0. The summed E-state index contributed by atoms with van der Waals surface area (Å²) >= 11 is 0. The Labute approximate surface area is 111 Å². The third-order valence-corrected chi connectivity index (χ3v) is 3.34. The molecule has 19 heavy (non-hydrogen) atoms. The Morgan fingerprint density at radius 3 is 2.68 bits per heavy atom. The molecule has 0 aliphatic heterocycles. The normalized spacial score (nSPS) is 12.5. The Hall–Kier alpha value is -2.26. The highest BCUT2D eigenvalue weighted by Crippen LogP contribution is 2.28. The highest BCUT2D eigenvalue weighted by Gasteiger charge is 2.16. The molecule has 3 aromatic rings. The van der Waals surface area contributed by atoms with Gasteiger partial charge < -0.3 is 5.11 Å². The van der Waals surface area contributed by atoms with Crippen molar-refractivity contribution < 1.29 is 5.11 Å². The van der Waals surface area contributed by atoms with Crippen LogP contribution in [0.2, 0.25) is 0 Å². The number of fused-ring (bicyclic) bond motifs is 1. The first-order valence-electron chi connectivity index (χ1n) is 6.19. The fourth-order valence-corrected chi connectivity index (χ4v) is 2.31. The van der Waals surface area contributed by atoms with Gasteiger partial charge in [0.2, 0.25) is 0 Å². The lowest BCUT2D eigenvalue weighted by Crippen LogP contribution is -2.04. The maximum atomic E-state index is 10.6. The summed E-state index contributed by atoms with van der Waals surface area (Å²) in [5.74, 6) is 0. The van der Waals surface area contributed by atoms with Gasteiger partial charge in [0.05, 0.1) is 0 Å². The average Bonchev–Trinajstić information content (AvgIpc) is 2.46. The molecule has 0 saturated carbocycles. The summed E-state index contributed by atoms with van der Waals surface area (Å²) in [5.41, 5.74) is 2.47. The summed E-state index contributed by atoms with van der Waals surface area (Å²) in [6.45, 7) is 1.90. The highest BCUT2D eigenvalue weighted by atomic mass is 16.3. The number of rotatable bonds is 2. The first-order valence-corrected chi connectivity index (χ1v) is 6.19. The van der Waals surface area contributed by atoms with E-state index in [4.69, 9.17) is 0 Å². The SMILES string of the molecule is Cc1ncccc1C(O)c1cncc2ccccc12. The van der Waals surface area contributed by atoms with Crippen LogP contribution in [0.4, 0.5) is 0 Å². The van der Waals surface area contributed by atoms with Crippen molar-refractivity contribution in [1.29, 1.82) is 0 Å². The number of hydrogen-bond donors (Lipinski definition) is 1. The van der Waals surface area contributed by atoms with Crippen molar-refractivity contribution >= 4 is 10.8 Å². The monoisotopic (exact) mass is 250 g/mol. The van der Waals surface area contributed by atoms with E-state index in [0.29, 0.717) is 0 Å². The van der Waals surface area contributed by atoms with Crippen LogP contribution in [0, 0.1) is 6.92 Å². The molecular formula is C16H14N2O. The Bertz CT molecular complexity index is 719. The zero-order chi connectivity index (χ0) is 13.2. The number of aliphatic hydroxyl groups is 1. The molecule has 3 heteroatoms. The number of pyridine rings is 2. The van der Waals surface area contributed by atoms with Crippen LogP contribution < -0.4 is 0 Å². The Kier molecular flexibility index (Phi) is 2.97. The molecule has 0 spiro atoms. The molecule has 0 bridgehead atoms. The second-order valence-electron chi connectivity index (χ2n) is 4.53. The number of aliphatic hydroxyl groups excluding tert-OH is 1. The summed E-state index contributed by atoms with van der Waals surface area (Å²) in [7, 11) is 0. The summed E-state index contributed by atoms with van der Waals surface area (Å²) in [6, 6.07) is 11.7. The minimum atomic E-state index is -0.702. The molecule has 2 aromatic heterocycles. The third kappa shape index (κ3) is 2.09. The van der Waals surface area contributed by atoms with Gasteiger partial charge in [-0.15, -0.1) is 0 Å². The predicted molar refractivity (Wildman–Crippen MR) is 74.8 cm³/mol. The van der Waals surface area contributed by atoms with Gasteiger partial charge in [-0.3, -0.25) is 9.97 Å². The number of nitrogens with zero attached hydrogens (tertiary/aromatic N) is 2. The van der Waals surface area contributed by atoms with Crippen LogP contribution in [0.3, 0.4) is 0 Å². The van der Waals surface area contributed by atoms with Crippen LogP contribution in [-0.4, -0.2) is 15.1 Å². The maximum absolute atomic E-state index is 10.6. The van der Waals surface area contributed by atoms with E-state index in [1.165, 1.54) is 0 Å². The molecule has 1 aromatic carbocycles. The van der Waals surface area contributed by atoms with Crippen LogP contribution >= 0.6 is 0 Å². The Balaban J connectivity index is 2.17. The van der Waals surface area contributed by atoms with Crippen molar-refractivity contribution in [2.45, 2.75) is 13.0 Å². The fraction of sp³-hybridized carbons (Fsp3) is 0.125. The molecule has 1 N–H and O–H groups in total. The van der Waals surface area contributed by atoms with E-state index in [-0.39, 0.29) is 0 Å². The number of aromatic nitrogens is 2. The largest absolute Gasteiger partial charge is 0.384 e. The topological polar surface area (TPSA) is 46.0 Å². The molecule has 2 heterocycles. The van der Waals surface area contributed by atoms with Gasteiger partial charge >= 0.3 is 0 Å². The van der Waals surface area contributed by atoms with Gasteiger partial charge in [0.1, 0.15) is 6.10 Å². The van der Waals surface area contributed by atoms with Gasteiger partial charge in [0.25, 0.3) is 0 Å². The standard InChI is InChI=1S/C16H14N2O/c1-11-13(7-4-8-18-11)16(19)15-10-17-9-12-5-2-3-6-14(12)15/h2-10,16,19H,1H3. The van der Waals surface area contributed by atoms with E-state index in [2.05, 4.69) is 9.97 Å². The molecule has 1 unspecified atom stereocenters. The van der Waals surface area contributed by atoms with Gasteiger partial charge in [-0.2, -0.15) is 0 Å². The summed E-state index contributed by atoms with van der Waals surface area (Å²) in [6.07, 6.45) is 4.56. The van der Waals surface area contributed by atoms with E-state index in [1.54, 1.807) is 12.4 Å². The summed E-state index contributed by atoms with van der Waals surface area (Å²) in [4.78, 5) is 8.43. The van der Waals surface area contributed by atoms with Crippen molar-refractivity contribution in [3.05, 3.63) is 71.8 Å². The van der Waals surface area contributed by atoms with Crippen LogP contribution in [0.5, 0.6) is 0 Å². The van der Waals surface area contributed by atoms with Crippen molar-refractivity contribution in [2.24, 2.45) is 0 Å². The third-order valence-electron chi connectivity index (χ3n) is 3.34. The molecule has 0 amide bonds. The van der Waals surface area contributed by atoms with E-state index in [0.717, 1.165) is 27.6 Å². The first-order chi connectivity index (χ1) is 9.27. The van der Waals surface area contributed by atoms with E-state index in [9.17, 15) is 5.11 Å². The van der Waals surface area contributed by atoms with Crippen LogP contribution in [0.25, 0.3) is 10.8 Å². The number of hydrogen-bond acceptors (Lipinski definition) is 3. The van der Waals surface area contributed by atoms with E-state index >= 15 is 0 Å². The minimum absolute atomic E-state index is 0.702. The van der Waals surface area contributed by atoms with Gasteiger partial charge in [0, 0.05) is 40.8 Å². The lowest BCUT2D eigenvalue weighted by Gasteiger charge is -2.15. The Morgan fingerprint density at radius 1 is 1.00 bits per heavy atom. The number of benzene rings is 1. The number of aryl methyl sites for hydroxylation is 1. The lowest BCUT2D eigenvalue weighted by atomic mass is 9.97. The predicted octanol–water partition coefficient (Wildman–Crippen LogP) is 3.02. The zero-order valence-corrected chi connectivity index (χ0v) is 10.6. The lowest BCUT2D eigenvalue weighted by molar-refractivity contribution is 0.220. The summed E-state index contributed by atoms with van der Waals surface area (Å²) in [5, 5.41) is 12.6. The average molecular weight is 250 g/mol. The van der Waals surface area contributed by atoms with Gasteiger partial charge in [-0.25, -0.2) is 0 Å². The maximum Gasteiger partial charge on any atom is 0.108 e. The molecule has 1 atom stereocenters. The van der Waals surface area contributed by atoms with E-state index < -0.39 is 6.10 Å². The fourth-order valence-electron chi connectivity index (χ4n) is 2.31. The molecule has 3 nitrogen and oxygen atoms in total. The molecule has 0 fully saturated rings. The second kappa shape index (κ2) is 4.78. The smallest absolute Gasteiger partial charge is 0.108 e. The Morgan fingerprint density at radius 2 is 1.84 bits per heavy atom. The van der Waals surface area contributed by atoms with Crippen LogP contribution in [0.15, 0.2) is 55.0 Å². The minimum Gasteiger partial charge on any atom is -0.384 e. The van der Waals surface area contributed by atoms with Crippen molar-refractivity contribution in [2.75, 3.05) is 0 Å².